The van der Waals surface area contributed by atoms with Crippen molar-refractivity contribution in [3.05, 3.63) is 65.2 Å². The van der Waals surface area contributed by atoms with Gasteiger partial charge in [-0.25, -0.2) is 18.2 Å². The highest BCUT2D eigenvalue weighted by atomic mass is 19.3. The Morgan fingerprint density at radius 2 is 1.81 bits per heavy atom. The van der Waals surface area contributed by atoms with Crippen molar-refractivity contribution in [1.29, 1.82) is 0 Å². The minimum atomic E-state index is -2.70. The second-order valence-corrected chi connectivity index (χ2v) is 7.27. The highest BCUT2D eigenvalue weighted by Crippen LogP contribution is 2.48. The average molecular weight is 364 g/mol. The molecular formula is C20H20F4N2. The largest absolute Gasteiger partial charge is 0.288 e. The molecule has 2 aliphatic rings. The van der Waals surface area contributed by atoms with Crippen molar-refractivity contribution in [2.24, 2.45) is 0 Å². The Bertz CT molecular complexity index is 773. The third-order valence-electron chi connectivity index (χ3n) is 5.35. The zero-order valence-electron chi connectivity index (χ0n) is 14.2. The van der Waals surface area contributed by atoms with Crippen LogP contribution in [-0.2, 0) is 0 Å². The van der Waals surface area contributed by atoms with Crippen molar-refractivity contribution in [3.8, 4) is 0 Å². The predicted molar refractivity (Wildman–Crippen MR) is 90.5 cm³/mol. The number of benzene rings is 1. The summed E-state index contributed by atoms with van der Waals surface area (Å²) in [7, 11) is 0. The number of pyridine rings is 1. The van der Waals surface area contributed by atoms with Gasteiger partial charge in [0.1, 0.15) is 6.17 Å². The summed E-state index contributed by atoms with van der Waals surface area (Å²) in [6.07, 6.45) is -1.12. The molecule has 2 aromatic rings. The molecule has 2 heterocycles. The molecule has 0 spiro atoms. The van der Waals surface area contributed by atoms with Crippen LogP contribution in [0.3, 0.4) is 0 Å². The maximum Gasteiger partial charge on any atom is 0.249 e. The maximum atomic E-state index is 14.6. The summed E-state index contributed by atoms with van der Waals surface area (Å²) in [5.41, 5.74) is 1.64. The number of nitrogens with zero attached hydrogens (tertiary/aromatic N) is 2. The molecule has 2 nitrogen and oxygen atoms in total. The number of halogens is 4. The second-order valence-electron chi connectivity index (χ2n) is 7.27. The van der Waals surface area contributed by atoms with Crippen molar-refractivity contribution in [2.75, 3.05) is 13.1 Å². The number of alkyl halides is 3. The van der Waals surface area contributed by atoms with Crippen LogP contribution in [0, 0.1) is 5.95 Å². The monoisotopic (exact) mass is 364 g/mol. The summed E-state index contributed by atoms with van der Waals surface area (Å²) in [5, 5.41) is 0. The number of rotatable bonds is 4. The Kier molecular flexibility index (Phi) is 4.47. The molecular weight excluding hydrogens is 344 g/mol. The second kappa shape index (κ2) is 6.65. The van der Waals surface area contributed by atoms with Gasteiger partial charge in [0.25, 0.3) is 0 Å². The molecule has 0 unspecified atom stereocenters. The Balaban J connectivity index is 1.65. The van der Waals surface area contributed by atoms with Gasteiger partial charge in [0.15, 0.2) is 0 Å². The van der Waals surface area contributed by atoms with E-state index in [0.717, 1.165) is 5.56 Å². The lowest BCUT2D eigenvalue weighted by Crippen LogP contribution is -2.34. The Morgan fingerprint density at radius 1 is 1.08 bits per heavy atom. The first-order valence-corrected chi connectivity index (χ1v) is 8.90. The molecule has 2 atom stereocenters. The molecule has 0 radical (unpaired) electrons. The summed E-state index contributed by atoms with van der Waals surface area (Å²) in [5.74, 6) is -3.88. The van der Waals surface area contributed by atoms with E-state index in [4.69, 9.17) is 0 Å². The third kappa shape index (κ3) is 3.34. The van der Waals surface area contributed by atoms with Gasteiger partial charge < -0.3 is 0 Å². The van der Waals surface area contributed by atoms with Gasteiger partial charge in [-0.1, -0.05) is 36.4 Å². The molecule has 1 aromatic heterocycles. The molecule has 4 rings (SSSR count). The fourth-order valence-corrected chi connectivity index (χ4v) is 3.98. The van der Waals surface area contributed by atoms with Gasteiger partial charge in [-0.15, -0.1) is 0 Å². The van der Waals surface area contributed by atoms with Crippen LogP contribution in [0.25, 0.3) is 0 Å². The summed E-state index contributed by atoms with van der Waals surface area (Å²) in [4.78, 5) is 6.05. The molecule has 0 amide bonds. The van der Waals surface area contributed by atoms with Crippen LogP contribution >= 0.6 is 0 Å². The predicted octanol–water partition coefficient (Wildman–Crippen LogP) is 4.87. The Labute approximate surface area is 149 Å². The normalized spacial score (nSPS) is 24.4. The van der Waals surface area contributed by atoms with Crippen LogP contribution < -0.4 is 0 Å². The van der Waals surface area contributed by atoms with Crippen molar-refractivity contribution in [1.82, 2.24) is 9.88 Å². The van der Waals surface area contributed by atoms with Gasteiger partial charge in [-0.2, -0.15) is 4.39 Å². The number of hydrogen-bond donors (Lipinski definition) is 0. The summed E-state index contributed by atoms with van der Waals surface area (Å²) in [6.45, 7) is 0.847. The van der Waals surface area contributed by atoms with Crippen LogP contribution in [0.1, 0.15) is 48.0 Å². The van der Waals surface area contributed by atoms with Gasteiger partial charge in [0.05, 0.1) is 11.7 Å². The van der Waals surface area contributed by atoms with E-state index >= 15 is 0 Å². The van der Waals surface area contributed by atoms with E-state index in [0.29, 0.717) is 18.7 Å². The quantitative estimate of drug-likeness (QED) is 0.569. The first-order chi connectivity index (χ1) is 12.4. The van der Waals surface area contributed by atoms with E-state index in [-0.39, 0.29) is 31.0 Å². The summed E-state index contributed by atoms with van der Waals surface area (Å²) in [6, 6.07) is 12.4. The Hall–Kier alpha value is -1.95. The summed E-state index contributed by atoms with van der Waals surface area (Å²) >= 11 is 0. The molecule has 0 N–H and O–H groups in total. The van der Waals surface area contributed by atoms with E-state index in [2.05, 4.69) is 4.98 Å². The third-order valence-corrected chi connectivity index (χ3v) is 5.35. The minimum absolute atomic E-state index is 0.247. The maximum absolute atomic E-state index is 14.6. The lowest BCUT2D eigenvalue weighted by molar-refractivity contribution is -0.0874. The Morgan fingerprint density at radius 3 is 2.38 bits per heavy atom. The molecule has 138 valence electrons. The molecule has 1 saturated heterocycles. The van der Waals surface area contributed by atoms with Crippen LogP contribution in [0.15, 0.2) is 42.5 Å². The number of likely N-dealkylation sites (tertiary alicyclic amines) is 1. The van der Waals surface area contributed by atoms with Crippen LogP contribution in [0.4, 0.5) is 17.6 Å². The molecule has 1 aliphatic carbocycles. The lowest BCUT2D eigenvalue weighted by atomic mass is 9.77. The van der Waals surface area contributed by atoms with Crippen molar-refractivity contribution >= 4 is 0 Å². The lowest BCUT2D eigenvalue weighted by Gasteiger charge is -2.35. The standard InChI is InChI=1S/C20H20F4N2/c21-15-8-9-26(12-15)18(13-4-2-1-3-5-13)17-7-6-16(19(22)25-17)14-10-20(23,24)11-14/h1-7,14-15,18H,8-12H2/t15-,18+/m1/s1. The van der Waals surface area contributed by atoms with Crippen LogP contribution in [0.2, 0.25) is 0 Å². The number of aromatic nitrogens is 1. The highest BCUT2D eigenvalue weighted by molar-refractivity contribution is 5.31. The van der Waals surface area contributed by atoms with Crippen LogP contribution in [0.5, 0.6) is 0 Å². The zero-order valence-corrected chi connectivity index (χ0v) is 14.2. The van der Waals surface area contributed by atoms with E-state index in [1.807, 2.05) is 35.2 Å². The molecule has 0 bridgehead atoms. The molecule has 1 saturated carbocycles. The van der Waals surface area contributed by atoms with E-state index in [1.54, 1.807) is 12.1 Å². The van der Waals surface area contributed by atoms with Gasteiger partial charge in [0, 0.05) is 31.5 Å². The smallest absolute Gasteiger partial charge is 0.249 e. The van der Waals surface area contributed by atoms with Gasteiger partial charge in [-0.05, 0) is 24.0 Å². The van der Waals surface area contributed by atoms with Crippen molar-refractivity contribution in [3.63, 3.8) is 0 Å². The zero-order chi connectivity index (χ0) is 18.3. The molecule has 2 fully saturated rings. The average Bonchev–Trinajstić information content (AvgIpc) is 3.00. The minimum Gasteiger partial charge on any atom is -0.288 e. The van der Waals surface area contributed by atoms with Crippen molar-refractivity contribution in [2.45, 2.75) is 43.3 Å². The van der Waals surface area contributed by atoms with Gasteiger partial charge in [-0.3, -0.25) is 4.90 Å². The van der Waals surface area contributed by atoms with E-state index in [1.165, 1.54) is 0 Å². The number of hydrogen-bond acceptors (Lipinski definition) is 2. The SMILES string of the molecule is Fc1nc([C@H](c2ccccc2)N2CC[C@@H](F)C2)ccc1C1CC(F)(F)C1. The first-order valence-electron chi connectivity index (χ1n) is 8.90. The fourth-order valence-electron chi connectivity index (χ4n) is 3.98. The molecule has 6 heteroatoms. The molecule has 1 aliphatic heterocycles. The van der Waals surface area contributed by atoms with Crippen molar-refractivity contribution < 1.29 is 17.6 Å². The van der Waals surface area contributed by atoms with E-state index < -0.39 is 24.0 Å². The molecule has 26 heavy (non-hydrogen) atoms. The summed E-state index contributed by atoms with van der Waals surface area (Å²) < 4.78 is 54.5. The van der Waals surface area contributed by atoms with Crippen LogP contribution in [-0.4, -0.2) is 35.1 Å². The van der Waals surface area contributed by atoms with E-state index in [9.17, 15) is 17.6 Å². The topological polar surface area (TPSA) is 16.1 Å². The molecule has 1 aromatic carbocycles. The fraction of sp³-hybridized carbons (Fsp3) is 0.450. The van der Waals surface area contributed by atoms with Gasteiger partial charge in [0.2, 0.25) is 11.9 Å². The first kappa shape index (κ1) is 17.5. The highest BCUT2D eigenvalue weighted by Gasteiger charge is 2.47. The van der Waals surface area contributed by atoms with Gasteiger partial charge >= 0.3 is 0 Å².